The molecule has 2 aromatic carbocycles. The van der Waals surface area contributed by atoms with E-state index < -0.39 is 34.9 Å². The Balaban J connectivity index is 1.33. The van der Waals surface area contributed by atoms with Crippen molar-refractivity contribution in [2.75, 3.05) is 10.3 Å². The van der Waals surface area contributed by atoms with Crippen LogP contribution in [0.2, 0.25) is 0 Å². The molecule has 0 saturated carbocycles. The zero-order valence-electron chi connectivity index (χ0n) is 24.9. The second-order valence-electron chi connectivity index (χ2n) is 11.4. The number of nitro benzene ring substituents is 1. The molecule has 4 atom stereocenters. The number of hydrazine groups is 1. The predicted octanol–water partition coefficient (Wildman–Crippen LogP) is 6.27. The first kappa shape index (κ1) is 31.1. The number of hydrogen-bond acceptors (Lipinski definition) is 9. The van der Waals surface area contributed by atoms with E-state index in [2.05, 4.69) is 17.5 Å². The van der Waals surface area contributed by atoms with Crippen LogP contribution in [0.1, 0.15) is 64.7 Å². The van der Waals surface area contributed by atoms with E-state index in [0.29, 0.717) is 23.5 Å². The van der Waals surface area contributed by atoms with Crippen LogP contribution in [-0.2, 0) is 9.59 Å². The minimum Gasteiger partial charge on any atom is -0.391 e. The van der Waals surface area contributed by atoms with E-state index in [-0.39, 0.29) is 11.6 Å². The lowest BCUT2D eigenvalue weighted by Gasteiger charge is -2.40. The van der Waals surface area contributed by atoms with Gasteiger partial charge in [0.05, 0.1) is 28.7 Å². The maximum Gasteiger partial charge on any atom is 0.269 e. The molecule has 0 bridgehead atoms. The molecule has 3 aromatic rings. The molecule has 2 aliphatic rings. The summed E-state index contributed by atoms with van der Waals surface area (Å²) in [7, 11) is 0. The van der Waals surface area contributed by atoms with Gasteiger partial charge in [-0.1, -0.05) is 87.7 Å². The van der Waals surface area contributed by atoms with Crippen molar-refractivity contribution < 1.29 is 24.1 Å². The summed E-state index contributed by atoms with van der Waals surface area (Å²) in [4.78, 5) is 39.5. The fraction of sp³-hybridized carbons (Fsp3) is 0.424. The zero-order valence-corrected chi connectivity index (χ0v) is 24.9. The third kappa shape index (κ3) is 6.89. The molecule has 1 fully saturated rings. The van der Waals surface area contributed by atoms with Gasteiger partial charge in [0.2, 0.25) is 5.91 Å². The Morgan fingerprint density at radius 2 is 1.61 bits per heavy atom. The monoisotopic (exact) mass is 601 g/mol. The molecule has 1 aromatic heterocycles. The van der Waals surface area contributed by atoms with Gasteiger partial charge in [0.25, 0.3) is 11.6 Å². The van der Waals surface area contributed by atoms with Crippen molar-refractivity contribution in [2.45, 2.75) is 82.9 Å². The number of unbranched alkanes of at least 4 members (excludes halogenated alkanes) is 7. The van der Waals surface area contributed by atoms with Crippen LogP contribution in [-0.4, -0.2) is 50.2 Å². The molecule has 3 heterocycles. The van der Waals surface area contributed by atoms with Crippen LogP contribution in [0, 0.1) is 16.0 Å². The second-order valence-corrected chi connectivity index (χ2v) is 11.4. The lowest BCUT2D eigenvalue weighted by Crippen LogP contribution is -2.57. The Labute approximate surface area is 256 Å². The van der Waals surface area contributed by atoms with Gasteiger partial charge in [-0.2, -0.15) is 0 Å². The number of non-ortho nitro benzene ring substituents is 1. The molecule has 0 spiro atoms. The molecule has 232 valence electrons. The van der Waals surface area contributed by atoms with Crippen molar-refractivity contribution in [1.29, 1.82) is 0 Å². The first-order chi connectivity index (χ1) is 21.4. The van der Waals surface area contributed by atoms with Gasteiger partial charge in [-0.05, 0) is 30.7 Å². The summed E-state index contributed by atoms with van der Waals surface area (Å²) in [6, 6.07) is 13.0. The summed E-state index contributed by atoms with van der Waals surface area (Å²) < 4.78 is 4.92. The number of carbonyl (C=O) groups is 2. The topological polar surface area (TPSA) is 142 Å². The Morgan fingerprint density at radius 3 is 2.25 bits per heavy atom. The van der Waals surface area contributed by atoms with Gasteiger partial charge in [0, 0.05) is 29.4 Å². The van der Waals surface area contributed by atoms with Gasteiger partial charge in [-0.25, -0.2) is 9.91 Å². The van der Waals surface area contributed by atoms with Gasteiger partial charge in [-0.3, -0.25) is 19.7 Å². The number of nitro groups is 1. The summed E-state index contributed by atoms with van der Waals surface area (Å²) in [5.74, 6) is -1.55. The van der Waals surface area contributed by atoms with Crippen molar-refractivity contribution >= 4 is 28.9 Å². The number of anilines is 2. The van der Waals surface area contributed by atoms with E-state index in [4.69, 9.17) is 4.52 Å². The third-order valence-corrected chi connectivity index (χ3v) is 8.40. The van der Waals surface area contributed by atoms with E-state index in [1.807, 2.05) is 0 Å². The van der Waals surface area contributed by atoms with E-state index >= 15 is 0 Å². The minimum atomic E-state index is -0.920. The molecular formula is C33H39N5O6. The Hall–Kier alpha value is -4.35. The summed E-state index contributed by atoms with van der Waals surface area (Å²) >= 11 is 0. The van der Waals surface area contributed by atoms with Crippen LogP contribution in [0.5, 0.6) is 0 Å². The van der Waals surface area contributed by atoms with Crippen LogP contribution < -0.4 is 10.3 Å². The van der Waals surface area contributed by atoms with Crippen molar-refractivity contribution in [2.24, 2.45) is 5.92 Å². The Morgan fingerprint density at radius 1 is 0.932 bits per heavy atom. The fourth-order valence-electron chi connectivity index (χ4n) is 5.99. The van der Waals surface area contributed by atoms with Crippen LogP contribution >= 0.6 is 0 Å². The zero-order chi connectivity index (χ0) is 31.1. The average Bonchev–Trinajstić information content (AvgIpc) is 3.66. The number of aliphatic hydroxyl groups is 1. The van der Waals surface area contributed by atoms with Gasteiger partial charge < -0.3 is 15.1 Å². The number of nitrogens with one attached hydrogen (secondary N) is 1. The molecule has 11 heteroatoms. The number of rotatable bonds is 15. The summed E-state index contributed by atoms with van der Waals surface area (Å²) in [6.45, 7) is 2.20. The highest BCUT2D eigenvalue weighted by Gasteiger charge is 2.54. The van der Waals surface area contributed by atoms with E-state index in [0.717, 1.165) is 24.8 Å². The van der Waals surface area contributed by atoms with Gasteiger partial charge in [0.15, 0.2) is 0 Å². The highest BCUT2D eigenvalue weighted by Crippen LogP contribution is 2.37. The van der Waals surface area contributed by atoms with E-state index in [1.165, 1.54) is 55.4 Å². The van der Waals surface area contributed by atoms with E-state index in [9.17, 15) is 24.8 Å². The number of carbonyl (C=O) groups excluding carboxylic acids is 2. The Bertz CT molecular complexity index is 1440. The molecule has 0 aliphatic carbocycles. The highest BCUT2D eigenvalue weighted by molar-refractivity contribution is 6.24. The number of nitrogens with zero attached hydrogens (tertiary/aromatic N) is 4. The maximum atomic E-state index is 14.0. The highest BCUT2D eigenvalue weighted by atomic mass is 16.6. The lowest BCUT2D eigenvalue weighted by molar-refractivity contribution is -0.384. The van der Waals surface area contributed by atoms with E-state index in [1.54, 1.807) is 59.6 Å². The van der Waals surface area contributed by atoms with Crippen molar-refractivity contribution in [3.05, 3.63) is 83.1 Å². The molecular weight excluding hydrogens is 562 g/mol. The van der Waals surface area contributed by atoms with Gasteiger partial charge in [0.1, 0.15) is 18.0 Å². The molecule has 1 saturated heterocycles. The number of aromatic nitrogens is 1. The maximum absolute atomic E-state index is 14.0. The summed E-state index contributed by atoms with van der Waals surface area (Å²) in [5.41, 5.74) is 5.50. The van der Waals surface area contributed by atoms with Crippen LogP contribution in [0.25, 0.3) is 11.3 Å². The number of benzene rings is 2. The molecule has 2 amide bonds. The number of amides is 2. The number of hydrogen-bond donors (Lipinski definition) is 2. The minimum absolute atomic E-state index is 0.0643. The van der Waals surface area contributed by atoms with Crippen molar-refractivity contribution in [3.63, 3.8) is 0 Å². The average molecular weight is 602 g/mol. The standard InChI is InChI=1S/C33H39N5O6/c1-2-3-4-5-6-7-8-9-10-30(39)29-20-19-27-31(37(29)34-24-13-17-26(18-14-24)38(42)43)33(41)36(32(27)40)25-15-11-23(12-16-25)28-21-22-44-35-28/h11-22,27,29-31,34,39H,2-10H2,1H3/t27?,29?,30-,31-/m0/s1. The normalized spacial score (nSPS) is 20.6. The first-order valence-corrected chi connectivity index (χ1v) is 15.4. The van der Waals surface area contributed by atoms with Crippen LogP contribution in [0.4, 0.5) is 17.1 Å². The number of fused-ring (bicyclic) bond motifs is 1. The SMILES string of the molecule is CCCCCCCCCC[C@H](O)C1C=CC2C(=O)N(c3ccc(-c4ccon4)cc3)C(=O)[C@H]2N1Nc1ccc([N+](=O)[O-])cc1. The molecule has 11 nitrogen and oxygen atoms in total. The summed E-state index contributed by atoms with van der Waals surface area (Å²) in [5, 5.41) is 28.1. The molecule has 44 heavy (non-hydrogen) atoms. The molecule has 0 radical (unpaired) electrons. The lowest BCUT2D eigenvalue weighted by atomic mass is 9.91. The van der Waals surface area contributed by atoms with Gasteiger partial charge in [-0.15, -0.1) is 0 Å². The van der Waals surface area contributed by atoms with Crippen LogP contribution in [0.15, 0.2) is 77.5 Å². The second kappa shape index (κ2) is 14.4. The Kier molecular flexibility index (Phi) is 10.2. The summed E-state index contributed by atoms with van der Waals surface area (Å²) in [6.07, 6.45) is 13.8. The predicted molar refractivity (Wildman–Crippen MR) is 166 cm³/mol. The molecule has 2 N–H and O–H groups in total. The number of imide groups is 1. The number of aliphatic hydroxyl groups excluding tert-OH is 1. The fourth-order valence-corrected chi connectivity index (χ4v) is 5.99. The van der Waals surface area contributed by atoms with Gasteiger partial charge >= 0.3 is 0 Å². The third-order valence-electron chi connectivity index (χ3n) is 8.40. The largest absolute Gasteiger partial charge is 0.391 e. The smallest absolute Gasteiger partial charge is 0.269 e. The molecule has 2 unspecified atom stereocenters. The van der Waals surface area contributed by atoms with Crippen molar-refractivity contribution in [1.82, 2.24) is 10.2 Å². The molecule has 2 aliphatic heterocycles. The first-order valence-electron chi connectivity index (χ1n) is 15.4. The van der Waals surface area contributed by atoms with Crippen LogP contribution in [0.3, 0.4) is 0 Å². The van der Waals surface area contributed by atoms with Crippen molar-refractivity contribution in [3.8, 4) is 11.3 Å². The molecule has 5 rings (SSSR count). The quantitative estimate of drug-likeness (QED) is 0.0678.